The van der Waals surface area contributed by atoms with Crippen LogP contribution in [0.4, 0.5) is 5.95 Å². The molecule has 1 saturated heterocycles. The number of thiophene rings is 1. The summed E-state index contributed by atoms with van der Waals surface area (Å²) in [7, 11) is -3.55. The minimum absolute atomic E-state index is 0.100. The quantitative estimate of drug-likeness (QED) is 0.875. The molecule has 7 nitrogen and oxygen atoms in total. The van der Waals surface area contributed by atoms with Gasteiger partial charge in [0.2, 0.25) is 11.9 Å². The Morgan fingerprint density at radius 2 is 2.08 bits per heavy atom. The Labute approximate surface area is 144 Å². The van der Waals surface area contributed by atoms with Gasteiger partial charge in [0, 0.05) is 31.4 Å². The van der Waals surface area contributed by atoms with Gasteiger partial charge in [0.1, 0.15) is 4.21 Å². The lowest BCUT2D eigenvalue weighted by Gasteiger charge is -2.33. The molecule has 3 heterocycles. The number of carbonyl (C=O) groups excluding carboxylic acids is 1. The summed E-state index contributed by atoms with van der Waals surface area (Å²) in [5.41, 5.74) is 0. The molecule has 0 aliphatic carbocycles. The fourth-order valence-corrected chi connectivity index (χ4v) is 5.59. The van der Waals surface area contributed by atoms with Gasteiger partial charge in [-0.15, -0.1) is 11.3 Å². The van der Waals surface area contributed by atoms with Crippen molar-refractivity contribution in [2.75, 3.05) is 11.9 Å². The van der Waals surface area contributed by atoms with Crippen molar-refractivity contribution in [3.8, 4) is 0 Å². The van der Waals surface area contributed by atoms with E-state index in [-0.39, 0.29) is 24.3 Å². The van der Waals surface area contributed by atoms with Crippen LogP contribution in [0.5, 0.6) is 0 Å². The molecule has 0 unspecified atom stereocenters. The molecule has 1 aliphatic rings. The summed E-state index contributed by atoms with van der Waals surface area (Å²) in [4.78, 5) is 20.1. The first-order chi connectivity index (χ1) is 11.6. The van der Waals surface area contributed by atoms with Crippen LogP contribution in [0, 0.1) is 0 Å². The maximum absolute atomic E-state index is 12.8. The Hall–Kier alpha value is -1.84. The van der Waals surface area contributed by atoms with Gasteiger partial charge in [-0.05, 0) is 30.4 Å². The molecule has 1 aliphatic heterocycles. The zero-order chi connectivity index (χ0) is 17.0. The number of hydrogen-bond acceptors (Lipinski definition) is 6. The smallest absolute Gasteiger partial charge is 0.252 e. The van der Waals surface area contributed by atoms with Crippen LogP contribution in [-0.2, 0) is 14.8 Å². The second-order valence-electron chi connectivity index (χ2n) is 5.52. The first kappa shape index (κ1) is 17.0. The SMILES string of the molecule is O=C(C[C@@H]1CCCCN1S(=O)(=O)c1cccs1)Nc1ncccn1. The standard InChI is InChI=1S/C15H18N4O3S2/c20-13(18-15-16-7-4-8-17-15)11-12-5-1-2-9-19(12)24(21,22)14-6-3-10-23-14/h3-4,6-8,10,12H,1-2,5,9,11H2,(H,16,17,18,20)/t12-/m0/s1. The molecule has 9 heteroatoms. The van der Waals surface area contributed by atoms with Crippen LogP contribution in [0.15, 0.2) is 40.2 Å². The molecule has 24 heavy (non-hydrogen) atoms. The molecule has 2 aromatic rings. The van der Waals surface area contributed by atoms with E-state index in [0.717, 1.165) is 12.8 Å². The zero-order valence-electron chi connectivity index (χ0n) is 13.0. The van der Waals surface area contributed by atoms with Crippen LogP contribution in [0.2, 0.25) is 0 Å². The number of rotatable bonds is 5. The lowest BCUT2D eigenvalue weighted by atomic mass is 10.0. The van der Waals surface area contributed by atoms with Gasteiger partial charge < -0.3 is 0 Å². The van der Waals surface area contributed by atoms with Crippen molar-refractivity contribution in [3.05, 3.63) is 36.0 Å². The van der Waals surface area contributed by atoms with Crippen LogP contribution in [-0.4, -0.2) is 41.2 Å². The Balaban J connectivity index is 1.72. The number of carbonyl (C=O) groups is 1. The van der Waals surface area contributed by atoms with Crippen LogP contribution < -0.4 is 5.32 Å². The van der Waals surface area contributed by atoms with Crippen LogP contribution >= 0.6 is 11.3 Å². The van der Waals surface area contributed by atoms with E-state index in [2.05, 4.69) is 15.3 Å². The first-order valence-corrected chi connectivity index (χ1v) is 10.0. The molecule has 0 spiro atoms. The third-order valence-electron chi connectivity index (χ3n) is 3.87. The molecular formula is C15H18N4O3S2. The monoisotopic (exact) mass is 366 g/mol. The average molecular weight is 366 g/mol. The molecule has 128 valence electrons. The van der Waals surface area contributed by atoms with Crippen molar-refractivity contribution in [2.45, 2.75) is 35.9 Å². The van der Waals surface area contributed by atoms with Gasteiger partial charge in [0.25, 0.3) is 10.0 Å². The highest BCUT2D eigenvalue weighted by atomic mass is 32.2. The molecule has 0 aromatic carbocycles. The van der Waals surface area contributed by atoms with Crippen molar-refractivity contribution in [1.29, 1.82) is 0 Å². The summed E-state index contributed by atoms with van der Waals surface area (Å²) in [5, 5.41) is 4.36. The summed E-state index contributed by atoms with van der Waals surface area (Å²) in [6.07, 6.45) is 5.57. The molecule has 0 radical (unpaired) electrons. The topological polar surface area (TPSA) is 92.3 Å². The lowest BCUT2D eigenvalue weighted by molar-refractivity contribution is -0.117. The van der Waals surface area contributed by atoms with E-state index in [1.807, 2.05) is 0 Å². The van der Waals surface area contributed by atoms with Gasteiger partial charge in [-0.25, -0.2) is 18.4 Å². The van der Waals surface area contributed by atoms with Gasteiger partial charge in [0.15, 0.2) is 0 Å². The van der Waals surface area contributed by atoms with E-state index in [1.54, 1.807) is 23.6 Å². The molecule has 1 amide bonds. The van der Waals surface area contributed by atoms with Crippen LogP contribution in [0.3, 0.4) is 0 Å². The minimum atomic E-state index is -3.55. The highest BCUT2D eigenvalue weighted by molar-refractivity contribution is 7.91. The van der Waals surface area contributed by atoms with E-state index in [9.17, 15) is 13.2 Å². The highest BCUT2D eigenvalue weighted by Gasteiger charge is 2.35. The van der Waals surface area contributed by atoms with Gasteiger partial charge in [0.05, 0.1) is 0 Å². The van der Waals surface area contributed by atoms with E-state index < -0.39 is 10.0 Å². The molecule has 2 aromatic heterocycles. The van der Waals surface area contributed by atoms with Gasteiger partial charge in [-0.3, -0.25) is 10.1 Å². The minimum Gasteiger partial charge on any atom is -0.294 e. The fraction of sp³-hybridized carbons (Fsp3) is 0.400. The predicted octanol–water partition coefficient (Wildman–Crippen LogP) is 2.11. The Bertz CT molecular complexity index is 778. The van der Waals surface area contributed by atoms with E-state index >= 15 is 0 Å². The largest absolute Gasteiger partial charge is 0.294 e. The number of hydrogen-bond donors (Lipinski definition) is 1. The zero-order valence-corrected chi connectivity index (χ0v) is 14.6. The molecular weight excluding hydrogens is 348 g/mol. The first-order valence-electron chi connectivity index (χ1n) is 7.69. The summed E-state index contributed by atoms with van der Waals surface area (Å²) >= 11 is 1.20. The molecule has 1 atom stereocenters. The van der Waals surface area contributed by atoms with Crippen molar-refractivity contribution >= 4 is 33.2 Å². The lowest BCUT2D eigenvalue weighted by Crippen LogP contribution is -2.45. The number of aromatic nitrogens is 2. The normalized spacial score (nSPS) is 19.1. The van der Waals surface area contributed by atoms with E-state index in [4.69, 9.17) is 0 Å². The predicted molar refractivity (Wildman–Crippen MR) is 91.1 cm³/mol. The van der Waals surface area contributed by atoms with Crippen molar-refractivity contribution < 1.29 is 13.2 Å². The number of amides is 1. The third kappa shape index (κ3) is 3.80. The molecule has 1 N–H and O–H groups in total. The summed E-state index contributed by atoms with van der Waals surface area (Å²) in [6.45, 7) is 0.444. The van der Waals surface area contributed by atoms with Crippen molar-refractivity contribution in [3.63, 3.8) is 0 Å². The third-order valence-corrected chi connectivity index (χ3v) is 7.19. The average Bonchev–Trinajstić information content (AvgIpc) is 3.11. The van der Waals surface area contributed by atoms with Crippen LogP contribution in [0.25, 0.3) is 0 Å². The van der Waals surface area contributed by atoms with Crippen molar-refractivity contribution in [1.82, 2.24) is 14.3 Å². The maximum Gasteiger partial charge on any atom is 0.252 e. The van der Waals surface area contributed by atoms with Gasteiger partial charge >= 0.3 is 0 Å². The molecule has 1 fully saturated rings. The fourth-order valence-electron chi connectivity index (χ4n) is 2.77. The molecule has 3 rings (SSSR count). The summed E-state index contributed by atoms with van der Waals surface area (Å²) in [5.74, 6) is -0.0505. The Morgan fingerprint density at radius 1 is 1.29 bits per heavy atom. The van der Waals surface area contributed by atoms with Crippen molar-refractivity contribution in [2.24, 2.45) is 0 Å². The maximum atomic E-state index is 12.8. The van der Waals surface area contributed by atoms with Gasteiger partial charge in [-0.2, -0.15) is 4.31 Å². The van der Waals surface area contributed by atoms with Crippen LogP contribution in [0.1, 0.15) is 25.7 Å². The molecule has 0 bridgehead atoms. The Kier molecular flexibility index (Phi) is 5.22. The number of piperidine rings is 1. The Morgan fingerprint density at radius 3 is 2.79 bits per heavy atom. The second kappa shape index (κ2) is 7.37. The van der Waals surface area contributed by atoms with E-state index in [1.165, 1.54) is 28.0 Å². The second-order valence-corrected chi connectivity index (χ2v) is 8.59. The summed E-state index contributed by atoms with van der Waals surface area (Å²) in [6, 6.07) is 4.64. The summed E-state index contributed by atoms with van der Waals surface area (Å²) < 4.78 is 27.3. The number of nitrogens with zero attached hydrogens (tertiary/aromatic N) is 3. The van der Waals surface area contributed by atoms with Gasteiger partial charge in [-0.1, -0.05) is 12.5 Å². The highest BCUT2D eigenvalue weighted by Crippen LogP contribution is 2.29. The molecule has 0 saturated carbocycles. The number of sulfonamides is 1. The van der Waals surface area contributed by atoms with E-state index in [0.29, 0.717) is 17.2 Å². The number of anilines is 1. The number of nitrogens with one attached hydrogen (secondary N) is 1.